The van der Waals surface area contributed by atoms with Gasteiger partial charge in [-0.2, -0.15) is 0 Å². The average molecular weight is 262 g/mol. The van der Waals surface area contributed by atoms with Crippen molar-refractivity contribution in [2.75, 3.05) is 11.9 Å². The molecule has 0 aliphatic heterocycles. The van der Waals surface area contributed by atoms with Crippen LogP contribution in [0.25, 0.3) is 0 Å². The van der Waals surface area contributed by atoms with Crippen LogP contribution in [0.3, 0.4) is 0 Å². The minimum Gasteiger partial charge on any atom is -0.491 e. The average Bonchev–Trinajstić information content (AvgIpc) is 3.21. The molecular formula is C15H22N2O2. The second-order valence-corrected chi connectivity index (χ2v) is 5.06. The van der Waals surface area contributed by atoms with E-state index in [2.05, 4.69) is 12.2 Å². The lowest BCUT2D eigenvalue weighted by atomic mass is 10.1. The summed E-state index contributed by atoms with van der Waals surface area (Å²) in [5, 5.41) is 3.56. The first-order valence-electron chi connectivity index (χ1n) is 6.97. The van der Waals surface area contributed by atoms with Gasteiger partial charge in [0.15, 0.2) is 0 Å². The minimum atomic E-state index is -0.338. The number of primary amides is 1. The van der Waals surface area contributed by atoms with Crippen LogP contribution in [0.4, 0.5) is 5.69 Å². The summed E-state index contributed by atoms with van der Waals surface area (Å²) in [6.45, 7) is 2.53. The van der Waals surface area contributed by atoms with Crippen molar-refractivity contribution in [2.24, 2.45) is 11.7 Å². The van der Waals surface area contributed by atoms with Gasteiger partial charge in [-0.3, -0.25) is 4.79 Å². The molecule has 0 radical (unpaired) electrons. The molecule has 19 heavy (non-hydrogen) atoms. The van der Waals surface area contributed by atoms with E-state index in [0.717, 1.165) is 23.8 Å². The Morgan fingerprint density at radius 3 is 2.84 bits per heavy atom. The summed E-state index contributed by atoms with van der Waals surface area (Å²) in [4.78, 5) is 10.7. The molecule has 1 atom stereocenters. The Hall–Kier alpha value is -1.71. The lowest BCUT2D eigenvalue weighted by Gasteiger charge is -2.20. The molecule has 1 fully saturated rings. The number of nitrogens with one attached hydrogen (secondary N) is 1. The van der Waals surface area contributed by atoms with Gasteiger partial charge in [-0.25, -0.2) is 0 Å². The van der Waals surface area contributed by atoms with Crippen molar-refractivity contribution in [1.82, 2.24) is 0 Å². The third-order valence-corrected chi connectivity index (χ3v) is 3.46. The van der Waals surface area contributed by atoms with Crippen LogP contribution in [-0.2, 0) is 4.79 Å². The highest BCUT2D eigenvalue weighted by molar-refractivity contribution is 5.73. The summed E-state index contributed by atoms with van der Waals surface area (Å²) in [7, 11) is 0. The second kappa shape index (κ2) is 6.45. The molecule has 1 aliphatic rings. The largest absolute Gasteiger partial charge is 0.491 e. The summed E-state index contributed by atoms with van der Waals surface area (Å²) in [6.07, 6.45) is 3.99. The zero-order valence-corrected chi connectivity index (χ0v) is 11.4. The lowest BCUT2D eigenvalue weighted by molar-refractivity contribution is -0.118. The van der Waals surface area contributed by atoms with Gasteiger partial charge in [0.2, 0.25) is 5.91 Å². The van der Waals surface area contributed by atoms with Crippen LogP contribution in [-0.4, -0.2) is 18.6 Å². The number of ether oxygens (including phenoxy) is 1. The number of hydrogen-bond donors (Lipinski definition) is 2. The Balaban J connectivity index is 1.96. The van der Waals surface area contributed by atoms with E-state index < -0.39 is 0 Å². The number of para-hydroxylation sites is 2. The summed E-state index contributed by atoms with van der Waals surface area (Å²) >= 11 is 0. The monoisotopic (exact) mass is 262 g/mol. The second-order valence-electron chi connectivity index (χ2n) is 5.06. The molecule has 1 amide bonds. The van der Waals surface area contributed by atoms with Crippen LogP contribution in [0, 0.1) is 5.92 Å². The van der Waals surface area contributed by atoms with Crippen LogP contribution in [0.2, 0.25) is 0 Å². The first kappa shape index (κ1) is 13.7. The molecule has 2 rings (SSSR count). The fourth-order valence-electron chi connectivity index (χ4n) is 2.22. The smallest absolute Gasteiger partial charge is 0.220 e. The zero-order valence-electron chi connectivity index (χ0n) is 11.4. The van der Waals surface area contributed by atoms with E-state index in [9.17, 15) is 4.79 Å². The Morgan fingerprint density at radius 2 is 2.21 bits per heavy atom. The van der Waals surface area contributed by atoms with Crippen molar-refractivity contribution in [3.63, 3.8) is 0 Å². The molecular weight excluding hydrogens is 240 g/mol. The predicted octanol–water partition coefficient (Wildman–Crippen LogP) is 2.54. The highest BCUT2D eigenvalue weighted by atomic mass is 16.5. The summed E-state index contributed by atoms with van der Waals surface area (Å²) in [5.74, 6) is 1.25. The van der Waals surface area contributed by atoms with Crippen LogP contribution < -0.4 is 15.8 Å². The molecule has 0 spiro atoms. The maximum atomic E-state index is 10.7. The summed E-state index contributed by atoms with van der Waals surface area (Å²) in [6, 6.07) is 8.38. The van der Waals surface area contributed by atoms with Gasteiger partial charge < -0.3 is 15.8 Å². The van der Waals surface area contributed by atoms with E-state index in [-0.39, 0.29) is 12.3 Å². The Morgan fingerprint density at radius 1 is 1.47 bits per heavy atom. The van der Waals surface area contributed by atoms with Crippen molar-refractivity contribution < 1.29 is 9.53 Å². The predicted molar refractivity (Wildman–Crippen MR) is 76.2 cm³/mol. The number of carbonyl (C=O) groups is 1. The van der Waals surface area contributed by atoms with Crippen molar-refractivity contribution >= 4 is 11.6 Å². The SMILES string of the molecule is CCC(Nc1ccccc1OCCC(N)=O)C1CC1. The molecule has 3 N–H and O–H groups in total. The molecule has 1 saturated carbocycles. The first-order chi connectivity index (χ1) is 9.20. The molecule has 1 aliphatic carbocycles. The number of nitrogens with two attached hydrogens (primary N) is 1. The molecule has 0 aromatic heterocycles. The standard InChI is InChI=1S/C15H22N2O2/c1-2-12(11-7-8-11)17-13-5-3-4-6-14(13)19-10-9-15(16)18/h3-6,11-12,17H,2,7-10H2,1H3,(H2,16,18). The Labute approximate surface area is 114 Å². The third-order valence-electron chi connectivity index (χ3n) is 3.46. The Bertz CT molecular complexity index is 430. The molecule has 1 aromatic rings. The fraction of sp³-hybridized carbons (Fsp3) is 0.533. The van der Waals surface area contributed by atoms with Gasteiger partial charge in [-0.05, 0) is 37.3 Å². The van der Waals surface area contributed by atoms with Crippen LogP contribution >= 0.6 is 0 Å². The van der Waals surface area contributed by atoms with E-state index in [0.29, 0.717) is 12.6 Å². The number of amides is 1. The summed E-state index contributed by atoms with van der Waals surface area (Å²) in [5.41, 5.74) is 6.12. The third kappa shape index (κ3) is 4.16. The molecule has 104 valence electrons. The highest BCUT2D eigenvalue weighted by Crippen LogP contribution is 2.37. The molecule has 4 heteroatoms. The maximum absolute atomic E-state index is 10.7. The van der Waals surface area contributed by atoms with E-state index in [1.54, 1.807) is 0 Å². The van der Waals surface area contributed by atoms with E-state index in [1.807, 2.05) is 24.3 Å². The highest BCUT2D eigenvalue weighted by Gasteiger charge is 2.30. The Kier molecular flexibility index (Phi) is 4.66. The van der Waals surface area contributed by atoms with E-state index >= 15 is 0 Å². The van der Waals surface area contributed by atoms with Gasteiger partial charge in [-0.15, -0.1) is 0 Å². The molecule has 1 aromatic carbocycles. The van der Waals surface area contributed by atoms with Crippen molar-refractivity contribution in [1.29, 1.82) is 0 Å². The molecule has 0 heterocycles. The number of carbonyl (C=O) groups excluding carboxylic acids is 1. The quantitative estimate of drug-likeness (QED) is 0.756. The van der Waals surface area contributed by atoms with E-state index in [1.165, 1.54) is 12.8 Å². The van der Waals surface area contributed by atoms with Crippen LogP contribution in [0.1, 0.15) is 32.6 Å². The topological polar surface area (TPSA) is 64.3 Å². The fourth-order valence-corrected chi connectivity index (χ4v) is 2.22. The number of hydrogen-bond acceptors (Lipinski definition) is 3. The first-order valence-corrected chi connectivity index (χ1v) is 6.97. The molecule has 1 unspecified atom stereocenters. The van der Waals surface area contributed by atoms with Gasteiger partial charge in [0.25, 0.3) is 0 Å². The normalized spacial score (nSPS) is 15.8. The van der Waals surface area contributed by atoms with Gasteiger partial charge in [0.05, 0.1) is 18.7 Å². The molecule has 0 saturated heterocycles. The van der Waals surface area contributed by atoms with Gasteiger partial charge in [0, 0.05) is 6.04 Å². The van der Waals surface area contributed by atoms with Crippen molar-refractivity contribution in [3.05, 3.63) is 24.3 Å². The lowest BCUT2D eigenvalue weighted by Crippen LogP contribution is -2.21. The van der Waals surface area contributed by atoms with Gasteiger partial charge >= 0.3 is 0 Å². The zero-order chi connectivity index (χ0) is 13.7. The summed E-state index contributed by atoms with van der Waals surface area (Å²) < 4.78 is 5.63. The van der Waals surface area contributed by atoms with Crippen molar-refractivity contribution in [2.45, 2.75) is 38.6 Å². The van der Waals surface area contributed by atoms with Crippen molar-refractivity contribution in [3.8, 4) is 5.75 Å². The maximum Gasteiger partial charge on any atom is 0.220 e. The number of anilines is 1. The van der Waals surface area contributed by atoms with Crippen LogP contribution in [0.15, 0.2) is 24.3 Å². The van der Waals surface area contributed by atoms with Crippen LogP contribution in [0.5, 0.6) is 5.75 Å². The van der Waals surface area contributed by atoms with E-state index in [4.69, 9.17) is 10.5 Å². The molecule has 4 nitrogen and oxygen atoms in total. The van der Waals surface area contributed by atoms with Gasteiger partial charge in [-0.1, -0.05) is 19.1 Å². The minimum absolute atomic E-state index is 0.244. The number of rotatable bonds is 8. The van der Waals surface area contributed by atoms with Gasteiger partial charge in [0.1, 0.15) is 5.75 Å². The molecule has 0 bridgehead atoms. The number of benzene rings is 1.